The van der Waals surface area contributed by atoms with Gasteiger partial charge in [0.2, 0.25) is 0 Å². The summed E-state index contributed by atoms with van der Waals surface area (Å²) in [5, 5.41) is 11.5. The summed E-state index contributed by atoms with van der Waals surface area (Å²) >= 11 is 0. The average Bonchev–Trinajstić information content (AvgIpc) is 3.19. The van der Waals surface area contributed by atoms with Crippen LogP contribution in [0.1, 0.15) is 35.4 Å². The number of carbonyl (C=O) groups is 3. The largest absolute Gasteiger partial charge is 0.481 e. The lowest BCUT2D eigenvalue weighted by molar-refractivity contribution is -0.139. The number of carbonyl (C=O) groups excluding carboxylic acids is 2. The van der Waals surface area contributed by atoms with Gasteiger partial charge in [0.05, 0.1) is 6.61 Å². The van der Waals surface area contributed by atoms with E-state index in [4.69, 9.17) is 14.7 Å². The molecule has 3 aromatic carbocycles. The van der Waals surface area contributed by atoms with E-state index in [0.29, 0.717) is 0 Å². The smallest absolute Gasteiger partial charge is 0.407 e. The zero-order valence-corrected chi connectivity index (χ0v) is 19.0. The van der Waals surface area contributed by atoms with Crippen LogP contribution in [0.25, 0.3) is 11.1 Å². The first-order valence-corrected chi connectivity index (χ1v) is 11.3. The highest BCUT2D eigenvalue weighted by molar-refractivity contribution is 5.85. The molecule has 1 aliphatic rings. The highest BCUT2D eigenvalue weighted by Crippen LogP contribution is 2.44. The summed E-state index contributed by atoms with van der Waals surface area (Å²) in [4.78, 5) is 41.4. The first-order valence-electron chi connectivity index (χ1n) is 11.3. The topological polar surface area (TPSA) is 114 Å². The quantitative estimate of drug-likeness (QED) is 0.383. The zero-order valence-electron chi connectivity index (χ0n) is 19.0. The Kier molecular flexibility index (Phi) is 7.74. The van der Waals surface area contributed by atoms with E-state index in [1.54, 1.807) is 0 Å². The third kappa shape index (κ3) is 6.04. The Morgan fingerprint density at radius 1 is 0.857 bits per heavy atom. The molecule has 0 fully saturated rings. The van der Waals surface area contributed by atoms with E-state index in [9.17, 15) is 14.4 Å². The molecule has 3 N–H and O–H groups in total. The number of ether oxygens (including phenoxy) is 1. The van der Waals surface area contributed by atoms with Crippen LogP contribution in [0.15, 0.2) is 78.9 Å². The van der Waals surface area contributed by atoms with Crippen LogP contribution in [0.4, 0.5) is 4.79 Å². The third-order valence-electron chi connectivity index (χ3n) is 5.85. The lowest BCUT2D eigenvalue weighted by Gasteiger charge is -2.19. The van der Waals surface area contributed by atoms with Crippen molar-refractivity contribution < 1.29 is 29.1 Å². The number of aliphatic carboxylic acids is 1. The molecule has 180 valence electrons. The van der Waals surface area contributed by atoms with Crippen LogP contribution < -0.4 is 10.8 Å². The molecule has 8 heteroatoms. The number of carboxylic acids is 1. The number of hydrogen-bond acceptors (Lipinski definition) is 5. The maximum atomic E-state index is 12.6. The van der Waals surface area contributed by atoms with Gasteiger partial charge in [0.1, 0.15) is 12.6 Å². The minimum Gasteiger partial charge on any atom is -0.481 e. The van der Waals surface area contributed by atoms with Gasteiger partial charge in [-0.1, -0.05) is 78.9 Å². The molecule has 1 unspecified atom stereocenters. The second kappa shape index (κ2) is 11.3. The second-order valence-electron chi connectivity index (χ2n) is 8.20. The average molecular weight is 475 g/mol. The Labute approximate surface area is 202 Å². The number of rotatable bonds is 10. The molecule has 0 spiro atoms. The lowest BCUT2D eigenvalue weighted by atomic mass is 9.98. The summed E-state index contributed by atoms with van der Waals surface area (Å²) in [6.45, 7) is 0.209. The van der Waals surface area contributed by atoms with Gasteiger partial charge in [-0.05, 0) is 34.2 Å². The number of hydrogen-bond donors (Lipinski definition) is 3. The summed E-state index contributed by atoms with van der Waals surface area (Å²) in [6, 6.07) is 24.0. The molecule has 1 atom stereocenters. The fraction of sp³-hybridized carbons (Fsp3) is 0.222. The summed E-state index contributed by atoms with van der Waals surface area (Å²) < 4.78 is 5.48. The molecule has 0 heterocycles. The van der Waals surface area contributed by atoms with Crippen LogP contribution in [-0.4, -0.2) is 35.7 Å². The number of hydroxylamine groups is 1. The van der Waals surface area contributed by atoms with Gasteiger partial charge in [-0.15, -0.1) is 0 Å². The Bertz CT molecular complexity index is 1150. The molecule has 35 heavy (non-hydrogen) atoms. The Hall–Kier alpha value is -4.17. The predicted octanol–water partition coefficient (Wildman–Crippen LogP) is 4.01. The van der Waals surface area contributed by atoms with Crippen molar-refractivity contribution in [1.82, 2.24) is 10.8 Å². The normalized spacial score (nSPS) is 12.8. The van der Waals surface area contributed by atoms with Gasteiger partial charge in [-0.25, -0.2) is 10.3 Å². The molecule has 0 aromatic heterocycles. The fourth-order valence-electron chi connectivity index (χ4n) is 4.15. The van der Waals surface area contributed by atoms with E-state index in [1.807, 2.05) is 78.9 Å². The minimum atomic E-state index is -1.13. The molecule has 3 aromatic rings. The molecule has 8 nitrogen and oxygen atoms in total. The van der Waals surface area contributed by atoms with Crippen molar-refractivity contribution in [2.45, 2.75) is 31.4 Å². The van der Waals surface area contributed by atoms with Gasteiger partial charge in [0, 0.05) is 12.3 Å². The van der Waals surface area contributed by atoms with Crippen molar-refractivity contribution in [2.75, 3.05) is 6.61 Å². The van der Waals surface area contributed by atoms with Crippen LogP contribution in [-0.2, 0) is 25.8 Å². The number of carboxylic acid groups (broad SMARTS) is 1. The van der Waals surface area contributed by atoms with E-state index in [2.05, 4.69) is 10.8 Å². The number of amides is 2. The van der Waals surface area contributed by atoms with Crippen LogP contribution in [0.3, 0.4) is 0 Å². The van der Waals surface area contributed by atoms with Gasteiger partial charge in [-0.3, -0.25) is 14.4 Å². The molecular formula is C27H26N2O6. The summed E-state index contributed by atoms with van der Waals surface area (Å²) in [6.07, 6.45) is -1.22. The van der Waals surface area contributed by atoms with Crippen LogP contribution in [0, 0.1) is 0 Å². The second-order valence-corrected chi connectivity index (χ2v) is 8.20. The number of nitrogens with one attached hydrogen (secondary N) is 2. The molecule has 0 bridgehead atoms. The van der Waals surface area contributed by atoms with Crippen molar-refractivity contribution in [3.05, 3.63) is 95.6 Å². The van der Waals surface area contributed by atoms with Crippen molar-refractivity contribution in [3.63, 3.8) is 0 Å². The number of alkyl carbamates (subject to hydrolysis) is 1. The molecule has 0 saturated heterocycles. The van der Waals surface area contributed by atoms with E-state index in [1.165, 1.54) is 0 Å². The summed E-state index contributed by atoms with van der Waals surface area (Å²) in [5.74, 6) is -1.87. The van der Waals surface area contributed by atoms with Crippen LogP contribution >= 0.6 is 0 Å². The van der Waals surface area contributed by atoms with Gasteiger partial charge in [0.25, 0.3) is 5.91 Å². The van der Waals surface area contributed by atoms with E-state index >= 15 is 0 Å². The first-order chi connectivity index (χ1) is 17.0. The summed E-state index contributed by atoms with van der Waals surface area (Å²) in [7, 11) is 0. The van der Waals surface area contributed by atoms with E-state index in [0.717, 1.165) is 27.8 Å². The first kappa shape index (κ1) is 24.0. The fourth-order valence-corrected chi connectivity index (χ4v) is 4.15. The number of fused-ring (bicyclic) bond motifs is 3. The minimum absolute atomic E-state index is 0.0810. The number of benzene rings is 3. The van der Waals surface area contributed by atoms with E-state index < -0.39 is 24.0 Å². The van der Waals surface area contributed by atoms with Crippen LogP contribution in [0.2, 0.25) is 0 Å². The Morgan fingerprint density at radius 3 is 2.09 bits per heavy atom. The van der Waals surface area contributed by atoms with Crippen molar-refractivity contribution in [3.8, 4) is 11.1 Å². The van der Waals surface area contributed by atoms with Gasteiger partial charge >= 0.3 is 12.1 Å². The van der Waals surface area contributed by atoms with E-state index in [-0.39, 0.29) is 32.0 Å². The maximum Gasteiger partial charge on any atom is 0.407 e. The molecule has 0 saturated carbocycles. The van der Waals surface area contributed by atoms with Crippen molar-refractivity contribution >= 4 is 18.0 Å². The molecule has 4 rings (SSSR count). The molecule has 0 aliphatic heterocycles. The molecule has 2 amide bonds. The van der Waals surface area contributed by atoms with Gasteiger partial charge < -0.3 is 15.2 Å². The highest BCUT2D eigenvalue weighted by atomic mass is 16.7. The monoisotopic (exact) mass is 474 g/mol. The highest BCUT2D eigenvalue weighted by Gasteiger charge is 2.30. The zero-order chi connectivity index (χ0) is 24.6. The van der Waals surface area contributed by atoms with Crippen molar-refractivity contribution in [1.29, 1.82) is 0 Å². The summed E-state index contributed by atoms with van der Waals surface area (Å²) in [5.41, 5.74) is 7.47. The molecular weight excluding hydrogens is 448 g/mol. The lowest BCUT2D eigenvalue weighted by Crippen LogP contribution is -2.47. The van der Waals surface area contributed by atoms with Crippen molar-refractivity contribution in [2.24, 2.45) is 0 Å². The Morgan fingerprint density at radius 2 is 1.46 bits per heavy atom. The third-order valence-corrected chi connectivity index (χ3v) is 5.85. The Balaban J connectivity index is 1.35. The molecule has 1 aliphatic carbocycles. The SMILES string of the molecule is O=C(O)CCC(NC(=O)OCC1c2ccccc2-c2ccccc21)C(=O)NOCc1ccccc1. The molecule has 0 radical (unpaired) electrons. The van der Waals surface area contributed by atoms with Gasteiger partial charge in [0.15, 0.2) is 0 Å². The van der Waals surface area contributed by atoms with Gasteiger partial charge in [-0.2, -0.15) is 0 Å². The standard InChI is InChI=1S/C27H26N2O6/c30-25(31)15-14-24(26(32)29-35-16-18-8-2-1-3-9-18)28-27(33)34-17-23-21-12-6-4-10-19(21)20-11-5-7-13-22(20)23/h1-13,23-24H,14-17H2,(H,28,33)(H,29,32)(H,30,31). The predicted molar refractivity (Wildman–Crippen MR) is 128 cm³/mol. The van der Waals surface area contributed by atoms with Crippen LogP contribution in [0.5, 0.6) is 0 Å². The maximum absolute atomic E-state index is 12.6.